The molecule has 1 aliphatic heterocycles. The van der Waals surface area contributed by atoms with E-state index in [1.165, 1.54) is 4.80 Å². The van der Waals surface area contributed by atoms with E-state index in [1.54, 1.807) is 18.6 Å². The third kappa shape index (κ3) is 5.53. The van der Waals surface area contributed by atoms with Gasteiger partial charge in [-0.15, -0.1) is 0 Å². The van der Waals surface area contributed by atoms with Crippen LogP contribution in [0.1, 0.15) is 26.7 Å². The average Bonchev–Trinajstić information content (AvgIpc) is 3.18. The highest BCUT2D eigenvalue weighted by Crippen LogP contribution is 2.28. The fourth-order valence-electron chi connectivity index (χ4n) is 3.47. The first-order valence-electron chi connectivity index (χ1n) is 9.55. The number of benzene rings is 1. The summed E-state index contributed by atoms with van der Waals surface area (Å²) in [6.45, 7) is 5.81. The van der Waals surface area contributed by atoms with E-state index >= 15 is 0 Å². The van der Waals surface area contributed by atoms with Crippen LogP contribution in [0.5, 0.6) is 0 Å². The molecule has 0 bridgehead atoms. The third-order valence-electron chi connectivity index (χ3n) is 5.05. The molecule has 0 aliphatic carbocycles. The van der Waals surface area contributed by atoms with Crippen LogP contribution >= 0.6 is 11.6 Å². The molecule has 28 heavy (non-hydrogen) atoms. The molecule has 3 unspecified atom stereocenters. The van der Waals surface area contributed by atoms with E-state index in [0.717, 1.165) is 30.8 Å². The molecule has 1 aliphatic rings. The molecule has 0 radical (unpaired) electrons. The maximum absolute atomic E-state index is 11.3. The Kier molecular flexibility index (Phi) is 7.45. The summed E-state index contributed by atoms with van der Waals surface area (Å²) in [6.07, 6.45) is 7.16. The fraction of sp³-hybridized carbons (Fsp3) is 0.579. The SMILES string of the molecule is CC(OCCS(C)=O)C1C[C@@H](C)CCN1Nc1ccc(Cl)c(-n2nccn2)c1. The van der Waals surface area contributed by atoms with Crippen molar-refractivity contribution >= 4 is 28.1 Å². The zero-order valence-electron chi connectivity index (χ0n) is 16.5. The first-order chi connectivity index (χ1) is 13.4. The number of hydrogen-bond donors (Lipinski definition) is 1. The molecule has 154 valence electrons. The summed E-state index contributed by atoms with van der Waals surface area (Å²) >= 11 is 6.32. The normalized spacial score (nSPS) is 22.7. The monoisotopic (exact) mass is 425 g/mol. The second-order valence-corrected chi connectivity index (χ2v) is 9.30. The molecule has 1 aromatic carbocycles. The predicted molar refractivity (Wildman–Crippen MR) is 113 cm³/mol. The predicted octanol–water partition coefficient (Wildman–Crippen LogP) is 3.13. The lowest BCUT2D eigenvalue weighted by Gasteiger charge is -2.41. The van der Waals surface area contributed by atoms with Crippen LogP contribution in [0.25, 0.3) is 5.69 Å². The van der Waals surface area contributed by atoms with Crippen molar-refractivity contribution in [3.63, 3.8) is 0 Å². The van der Waals surface area contributed by atoms with Gasteiger partial charge in [-0.05, 0) is 43.9 Å². The Hall–Kier alpha value is -1.48. The van der Waals surface area contributed by atoms with E-state index in [1.807, 2.05) is 18.2 Å². The molecular formula is C19H28ClN5O2S. The summed E-state index contributed by atoms with van der Waals surface area (Å²) in [5, 5.41) is 11.2. The van der Waals surface area contributed by atoms with Crippen molar-refractivity contribution in [1.29, 1.82) is 0 Å². The summed E-state index contributed by atoms with van der Waals surface area (Å²) in [5.41, 5.74) is 5.19. The molecule has 1 aromatic heterocycles. The van der Waals surface area contributed by atoms with E-state index in [9.17, 15) is 4.21 Å². The summed E-state index contributed by atoms with van der Waals surface area (Å²) in [7, 11) is -0.835. The zero-order valence-corrected chi connectivity index (χ0v) is 18.1. The van der Waals surface area contributed by atoms with Crippen molar-refractivity contribution in [2.24, 2.45) is 5.92 Å². The largest absolute Gasteiger partial charge is 0.376 e. The van der Waals surface area contributed by atoms with Crippen molar-refractivity contribution in [3.8, 4) is 5.69 Å². The van der Waals surface area contributed by atoms with Crippen LogP contribution in [0.4, 0.5) is 5.69 Å². The Morgan fingerprint density at radius 3 is 2.86 bits per heavy atom. The number of nitrogens with one attached hydrogen (secondary N) is 1. The molecule has 1 fully saturated rings. The number of rotatable bonds is 8. The molecule has 0 saturated carbocycles. The van der Waals surface area contributed by atoms with Gasteiger partial charge in [0.1, 0.15) is 5.69 Å². The number of halogens is 1. The summed E-state index contributed by atoms with van der Waals surface area (Å²) in [6, 6.07) is 5.98. The maximum atomic E-state index is 11.3. The molecular weight excluding hydrogens is 398 g/mol. The first-order valence-corrected chi connectivity index (χ1v) is 11.7. The number of hydrogen-bond acceptors (Lipinski definition) is 6. The Balaban J connectivity index is 1.71. The molecule has 1 N–H and O–H groups in total. The van der Waals surface area contributed by atoms with Gasteiger partial charge in [0.2, 0.25) is 0 Å². The van der Waals surface area contributed by atoms with E-state index in [-0.39, 0.29) is 12.1 Å². The lowest BCUT2D eigenvalue weighted by Crippen LogP contribution is -2.51. The smallest absolute Gasteiger partial charge is 0.106 e. The molecule has 7 nitrogen and oxygen atoms in total. The third-order valence-corrected chi connectivity index (χ3v) is 6.11. The lowest BCUT2D eigenvalue weighted by molar-refractivity contribution is -0.0125. The molecule has 0 amide bonds. The van der Waals surface area contributed by atoms with E-state index < -0.39 is 10.8 Å². The van der Waals surface area contributed by atoms with Crippen LogP contribution in [0, 0.1) is 5.92 Å². The summed E-state index contributed by atoms with van der Waals surface area (Å²) < 4.78 is 17.3. The van der Waals surface area contributed by atoms with Crippen molar-refractivity contribution in [3.05, 3.63) is 35.6 Å². The number of hydrazine groups is 1. The molecule has 0 spiro atoms. The molecule has 2 aromatic rings. The first kappa shape index (κ1) is 21.2. The Labute approximate surface area is 173 Å². The van der Waals surface area contributed by atoms with Crippen LogP contribution < -0.4 is 5.43 Å². The number of aromatic nitrogens is 3. The number of anilines is 1. The average molecular weight is 426 g/mol. The minimum Gasteiger partial charge on any atom is -0.376 e. The van der Waals surface area contributed by atoms with Gasteiger partial charge >= 0.3 is 0 Å². The van der Waals surface area contributed by atoms with E-state index in [4.69, 9.17) is 16.3 Å². The van der Waals surface area contributed by atoms with Gasteiger partial charge < -0.3 is 10.2 Å². The van der Waals surface area contributed by atoms with Gasteiger partial charge in [0.15, 0.2) is 0 Å². The maximum Gasteiger partial charge on any atom is 0.106 e. The quantitative estimate of drug-likeness (QED) is 0.700. The van der Waals surface area contributed by atoms with Gasteiger partial charge in [-0.1, -0.05) is 18.5 Å². The number of ether oxygens (including phenoxy) is 1. The second-order valence-electron chi connectivity index (χ2n) is 7.34. The number of nitrogens with zero attached hydrogens (tertiary/aromatic N) is 4. The fourth-order valence-corrected chi connectivity index (χ4v) is 3.99. The molecule has 2 heterocycles. The van der Waals surface area contributed by atoms with Crippen LogP contribution in [-0.4, -0.2) is 61.5 Å². The highest BCUT2D eigenvalue weighted by atomic mass is 35.5. The Morgan fingerprint density at radius 1 is 1.39 bits per heavy atom. The number of piperidine rings is 1. The highest BCUT2D eigenvalue weighted by Gasteiger charge is 2.31. The minimum atomic E-state index is -0.835. The Bertz CT molecular complexity index is 789. The Morgan fingerprint density at radius 2 is 2.14 bits per heavy atom. The van der Waals surface area contributed by atoms with Crippen molar-refractivity contribution in [1.82, 2.24) is 20.0 Å². The van der Waals surface area contributed by atoms with Crippen LogP contribution in [-0.2, 0) is 15.5 Å². The zero-order chi connectivity index (χ0) is 20.1. The minimum absolute atomic E-state index is 0.0401. The second kappa shape index (κ2) is 9.82. The van der Waals surface area contributed by atoms with Gasteiger partial charge in [0.05, 0.1) is 41.9 Å². The summed E-state index contributed by atoms with van der Waals surface area (Å²) in [4.78, 5) is 1.51. The molecule has 9 heteroatoms. The standard InChI is InChI=1S/C19H28ClN5O2S/c1-14-6-9-24(18(12-14)15(2)27-10-11-28(3)26)23-16-4-5-17(20)19(13-16)25-21-7-8-22-25/h4-5,7-8,13-15,18,23H,6,9-12H2,1-3H3/t14-,15?,18?,28?/m0/s1. The van der Waals surface area contributed by atoms with Crippen LogP contribution in [0.2, 0.25) is 5.02 Å². The van der Waals surface area contributed by atoms with Gasteiger partial charge in [0, 0.05) is 29.4 Å². The topological polar surface area (TPSA) is 72.3 Å². The van der Waals surface area contributed by atoms with E-state index in [2.05, 4.69) is 34.5 Å². The van der Waals surface area contributed by atoms with Crippen LogP contribution in [0.15, 0.2) is 30.6 Å². The van der Waals surface area contributed by atoms with Crippen molar-refractivity contribution < 1.29 is 8.95 Å². The van der Waals surface area contributed by atoms with E-state index in [0.29, 0.717) is 23.3 Å². The summed E-state index contributed by atoms with van der Waals surface area (Å²) in [5.74, 6) is 1.21. The van der Waals surface area contributed by atoms with Crippen molar-refractivity contribution in [2.45, 2.75) is 38.8 Å². The molecule has 4 atom stereocenters. The lowest BCUT2D eigenvalue weighted by atomic mass is 9.91. The van der Waals surface area contributed by atoms with Gasteiger partial charge in [-0.3, -0.25) is 4.21 Å². The van der Waals surface area contributed by atoms with Gasteiger partial charge in [-0.25, -0.2) is 5.01 Å². The van der Waals surface area contributed by atoms with Crippen molar-refractivity contribution in [2.75, 3.05) is 30.6 Å². The molecule has 1 saturated heterocycles. The van der Waals surface area contributed by atoms with Gasteiger partial charge in [0.25, 0.3) is 0 Å². The van der Waals surface area contributed by atoms with Gasteiger partial charge in [-0.2, -0.15) is 15.0 Å². The van der Waals surface area contributed by atoms with Crippen LogP contribution in [0.3, 0.4) is 0 Å². The molecule has 3 rings (SSSR count). The highest BCUT2D eigenvalue weighted by molar-refractivity contribution is 7.84.